The molecule has 1 aromatic carbocycles. The molecule has 2 rings (SSSR count). The van der Waals surface area contributed by atoms with Gasteiger partial charge < -0.3 is 14.8 Å². The molecular weight excluding hydrogens is 261 g/mol. The number of halogens is 1. The molecule has 106 valence electrons. The fourth-order valence-electron chi connectivity index (χ4n) is 1.86. The summed E-state index contributed by atoms with van der Waals surface area (Å²) < 4.78 is 18.3. The second-order valence-electron chi connectivity index (χ2n) is 4.89. The Morgan fingerprint density at radius 3 is 2.85 bits per heavy atom. The van der Waals surface area contributed by atoms with Crippen molar-refractivity contribution in [2.24, 2.45) is 0 Å². The molecule has 0 bridgehead atoms. The van der Waals surface area contributed by atoms with Gasteiger partial charge in [0, 0.05) is 5.56 Å². The van der Waals surface area contributed by atoms with Crippen molar-refractivity contribution in [1.29, 1.82) is 0 Å². The van der Waals surface area contributed by atoms with Gasteiger partial charge >= 0.3 is 0 Å². The number of carbonyl (C=O) groups is 1. The molecule has 1 unspecified atom stereocenters. The molecule has 0 aliphatic carbocycles. The second kappa shape index (κ2) is 5.46. The van der Waals surface area contributed by atoms with Crippen LogP contribution in [0.3, 0.4) is 0 Å². The molecule has 0 fully saturated rings. The average molecular weight is 277 g/mol. The highest BCUT2D eigenvalue weighted by Crippen LogP contribution is 2.20. The van der Waals surface area contributed by atoms with Crippen LogP contribution in [0, 0.1) is 12.7 Å². The summed E-state index contributed by atoms with van der Waals surface area (Å²) >= 11 is 0. The third kappa shape index (κ3) is 3.05. The maximum atomic E-state index is 13.2. The van der Waals surface area contributed by atoms with E-state index in [0.717, 1.165) is 0 Å². The SMILES string of the molecule is Cc1ccc(F)cc1C(=O)NCC(C)(O)c1ccco1. The standard InChI is InChI=1S/C15H16FNO3/c1-10-5-6-11(16)8-12(10)14(18)17-9-15(2,19)13-4-3-7-20-13/h3-8,19H,9H2,1-2H3,(H,17,18). The maximum Gasteiger partial charge on any atom is 0.251 e. The van der Waals surface area contributed by atoms with Crippen LogP contribution in [0.4, 0.5) is 4.39 Å². The lowest BCUT2D eigenvalue weighted by atomic mass is 10.0. The Morgan fingerprint density at radius 2 is 2.20 bits per heavy atom. The summed E-state index contributed by atoms with van der Waals surface area (Å²) in [6.45, 7) is 3.22. The van der Waals surface area contributed by atoms with Crippen molar-refractivity contribution in [3.8, 4) is 0 Å². The first-order valence-electron chi connectivity index (χ1n) is 6.21. The number of benzene rings is 1. The van der Waals surface area contributed by atoms with Crippen LogP contribution < -0.4 is 5.32 Å². The highest BCUT2D eigenvalue weighted by atomic mass is 19.1. The molecular formula is C15H16FNO3. The number of aryl methyl sites for hydroxylation is 1. The first-order chi connectivity index (χ1) is 9.40. The lowest BCUT2D eigenvalue weighted by molar-refractivity contribution is 0.0330. The van der Waals surface area contributed by atoms with Crippen LogP contribution in [-0.2, 0) is 5.60 Å². The van der Waals surface area contributed by atoms with Crippen LogP contribution in [0.1, 0.15) is 28.6 Å². The Hall–Kier alpha value is -2.14. The number of nitrogens with one attached hydrogen (secondary N) is 1. The summed E-state index contributed by atoms with van der Waals surface area (Å²) in [5.74, 6) is -0.554. The van der Waals surface area contributed by atoms with Gasteiger partial charge in [0.15, 0.2) is 0 Å². The molecule has 1 heterocycles. The van der Waals surface area contributed by atoms with Gasteiger partial charge in [-0.25, -0.2) is 4.39 Å². The van der Waals surface area contributed by atoms with E-state index in [1.54, 1.807) is 19.1 Å². The number of hydrogen-bond acceptors (Lipinski definition) is 3. The highest BCUT2D eigenvalue weighted by Gasteiger charge is 2.27. The molecule has 1 amide bonds. The smallest absolute Gasteiger partial charge is 0.251 e. The fourth-order valence-corrected chi connectivity index (χ4v) is 1.86. The molecule has 0 radical (unpaired) electrons. The van der Waals surface area contributed by atoms with E-state index in [2.05, 4.69) is 5.32 Å². The lowest BCUT2D eigenvalue weighted by Gasteiger charge is -2.21. The molecule has 0 saturated heterocycles. The second-order valence-corrected chi connectivity index (χ2v) is 4.89. The van der Waals surface area contributed by atoms with Crippen LogP contribution in [0.5, 0.6) is 0 Å². The predicted octanol–water partition coefficient (Wildman–Crippen LogP) is 2.36. The van der Waals surface area contributed by atoms with Gasteiger partial charge in [-0.1, -0.05) is 6.07 Å². The number of hydrogen-bond donors (Lipinski definition) is 2. The maximum absolute atomic E-state index is 13.2. The minimum Gasteiger partial charge on any atom is -0.466 e. The van der Waals surface area contributed by atoms with Crippen LogP contribution in [0.15, 0.2) is 41.0 Å². The summed E-state index contributed by atoms with van der Waals surface area (Å²) in [5, 5.41) is 12.8. The molecule has 0 spiro atoms. The molecule has 5 heteroatoms. The predicted molar refractivity (Wildman–Crippen MR) is 71.7 cm³/mol. The molecule has 1 atom stereocenters. The number of rotatable bonds is 4. The topological polar surface area (TPSA) is 62.5 Å². The molecule has 20 heavy (non-hydrogen) atoms. The van der Waals surface area contributed by atoms with Gasteiger partial charge in [-0.3, -0.25) is 4.79 Å². The van der Waals surface area contributed by atoms with Crippen LogP contribution in [-0.4, -0.2) is 17.6 Å². The van der Waals surface area contributed by atoms with E-state index >= 15 is 0 Å². The monoisotopic (exact) mass is 277 g/mol. The van der Waals surface area contributed by atoms with Crippen molar-refractivity contribution in [2.75, 3.05) is 6.54 Å². The van der Waals surface area contributed by atoms with Gasteiger partial charge in [-0.15, -0.1) is 0 Å². The normalized spacial score (nSPS) is 13.8. The minimum absolute atomic E-state index is 0.0324. The van der Waals surface area contributed by atoms with Crippen molar-refractivity contribution in [2.45, 2.75) is 19.4 Å². The Kier molecular flexibility index (Phi) is 3.90. The van der Waals surface area contributed by atoms with Crippen molar-refractivity contribution < 1.29 is 18.7 Å². The Morgan fingerprint density at radius 1 is 1.45 bits per heavy atom. The zero-order chi connectivity index (χ0) is 14.8. The summed E-state index contributed by atoms with van der Waals surface area (Å²) in [7, 11) is 0. The lowest BCUT2D eigenvalue weighted by Crippen LogP contribution is -2.38. The molecule has 1 aromatic heterocycles. The highest BCUT2D eigenvalue weighted by molar-refractivity contribution is 5.95. The first kappa shape index (κ1) is 14.3. The summed E-state index contributed by atoms with van der Waals surface area (Å²) in [4.78, 5) is 12.0. The van der Waals surface area contributed by atoms with Gasteiger partial charge in [0.1, 0.15) is 17.2 Å². The van der Waals surface area contributed by atoms with Crippen molar-refractivity contribution in [3.63, 3.8) is 0 Å². The minimum atomic E-state index is -1.32. The summed E-state index contributed by atoms with van der Waals surface area (Å²) in [6, 6.07) is 7.29. The van der Waals surface area contributed by atoms with Gasteiger partial charge in [-0.05, 0) is 43.7 Å². The molecule has 0 aliphatic rings. The van der Waals surface area contributed by atoms with E-state index in [0.29, 0.717) is 11.3 Å². The Bertz CT molecular complexity index is 606. The fraction of sp³-hybridized carbons (Fsp3) is 0.267. The molecule has 0 saturated carbocycles. The van der Waals surface area contributed by atoms with Crippen LogP contribution in [0.25, 0.3) is 0 Å². The third-order valence-corrected chi connectivity index (χ3v) is 3.09. The number of furan rings is 1. The van der Waals surface area contributed by atoms with E-state index in [-0.39, 0.29) is 12.1 Å². The third-order valence-electron chi connectivity index (χ3n) is 3.09. The Labute approximate surface area is 116 Å². The van der Waals surface area contributed by atoms with E-state index in [9.17, 15) is 14.3 Å². The molecule has 4 nitrogen and oxygen atoms in total. The van der Waals surface area contributed by atoms with Gasteiger partial charge in [-0.2, -0.15) is 0 Å². The Balaban J connectivity index is 2.07. The molecule has 2 N–H and O–H groups in total. The molecule has 0 aliphatic heterocycles. The summed E-state index contributed by atoms with van der Waals surface area (Å²) in [6.07, 6.45) is 1.45. The van der Waals surface area contributed by atoms with Gasteiger partial charge in [0.25, 0.3) is 5.91 Å². The van der Waals surface area contributed by atoms with E-state index in [4.69, 9.17) is 4.42 Å². The average Bonchev–Trinajstić information content (AvgIpc) is 2.93. The van der Waals surface area contributed by atoms with Gasteiger partial charge in [0.05, 0.1) is 12.8 Å². The van der Waals surface area contributed by atoms with E-state index < -0.39 is 17.3 Å². The summed E-state index contributed by atoms with van der Waals surface area (Å²) in [5.41, 5.74) is -0.401. The van der Waals surface area contributed by atoms with Crippen molar-refractivity contribution in [1.82, 2.24) is 5.32 Å². The zero-order valence-corrected chi connectivity index (χ0v) is 11.3. The first-order valence-corrected chi connectivity index (χ1v) is 6.21. The van der Waals surface area contributed by atoms with Crippen molar-refractivity contribution >= 4 is 5.91 Å². The van der Waals surface area contributed by atoms with Gasteiger partial charge in [0.2, 0.25) is 0 Å². The van der Waals surface area contributed by atoms with E-state index in [1.165, 1.54) is 31.4 Å². The van der Waals surface area contributed by atoms with Crippen LogP contribution in [0.2, 0.25) is 0 Å². The number of carbonyl (C=O) groups excluding carboxylic acids is 1. The number of aliphatic hydroxyl groups is 1. The zero-order valence-electron chi connectivity index (χ0n) is 11.3. The molecule has 2 aromatic rings. The number of amides is 1. The quantitative estimate of drug-likeness (QED) is 0.901. The van der Waals surface area contributed by atoms with Crippen LogP contribution >= 0.6 is 0 Å². The largest absolute Gasteiger partial charge is 0.466 e. The van der Waals surface area contributed by atoms with E-state index in [1.807, 2.05) is 0 Å². The van der Waals surface area contributed by atoms with Crippen molar-refractivity contribution in [3.05, 3.63) is 59.3 Å².